The number of hydrogen-bond acceptors (Lipinski definition) is 4. The highest BCUT2D eigenvalue weighted by Gasteiger charge is 2.21. The number of aryl methyl sites for hydroxylation is 1. The van der Waals surface area contributed by atoms with Crippen LogP contribution in [-0.4, -0.2) is 22.6 Å². The highest BCUT2D eigenvalue weighted by Crippen LogP contribution is 2.19. The van der Waals surface area contributed by atoms with Crippen molar-refractivity contribution < 1.29 is 4.52 Å². The Labute approximate surface area is 179 Å². The molecule has 0 atom stereocenters. The van der Waals surface area contributed by atoms with Crippen molar-refractivity contribution in [2.75, 3.05) is 6.54 Å². The Morgan fingerprint density at radius 1 is 1.15 bits per heavy atom. The summed E-state index contributed by atoms with van der Waals surface area (Å²) in [6, 6.07) is 8.43. The van der Waals surface area contributed by atoms with Gasteiger partial charge in [0.05, 0.1) is 13.1 Å². The van der Waals surface area contributed by atoms with Gasteiger partial charge >= 0.3 is 0 Å². The van der Waals surface area contributed by atoms with E-state index in [1.165, 1.54) is 11.1 Å². The minimum absolute atomic E-state index is 0. The first-order valence-electron chi connectivity index (χ1n) is 9.29. The third-order valence-electron chi connectivity index (χ3n) is 3.89. The molecule has 0 aliphatic heterocycles. The third kappa shape index (κ3) is 8.28. The van der Waals surface area contributed by atoms with Crippen LogP contribution in [0.25, 0.3) is 0 Å². The molecule has 0 amide bonds. The fourth-order valence-electron chi connectivity index (χ4n) is 2.21. The molecule has 2 aromatic rings. The number of unbranched alkanes of at least 4 members (excludes halogenated alkanes) is 1. The molecular formula is C20H32IN5O. The van der Waals surface area contributed by atoms with Crippen LogP contribution < -0.4 is 10.6 Å². The number of aromatic nitrogens is 2. The number of guanidine groups is 1. The van der Waals surface area contributed by atoms with E-state index in [9.17, 15) is 0 Å². The number of aliphatic imine (C=N–C) groups is 1. The predicted octanol–water partition coefficient (Wildman–Crippen LogP) is 4.33. The van der Waals surface area contributed by atoms with Crippen molar-refractivity contribution in [1.82, 2.24) is 20.8 Å². The number of hydrogen-bond donors (Lipinski definition) is 2. The van der Waals surface area contributed by atoms with E-state index in [-0.39, 0.29) is 29.4 Å². The lowest BCUT2D eigenvalue weighted by atomic mass is 9.97. The highest BCUT2D eigenvalue weighted by molar-refractivity contribution is 14.0. The van der Waals surface area contributed by atoms with E-state index in [4.69, 9.17) is 4.52 Å². The number of rotatable bonds is 7. The molecule has 6 nitrogen and oxygen atoms in total. The third-order valence-corrected chi connectivity index (χ3v) is 3.89. The lowest BCUT2D eigenvalue weighted by Gasteiger charge is -2.11. The molecule has 1 heterocycles. The van der Waals surface area contributed by atoms with Gasteiger partial charge in [-0.1, -0.05) is 69.1 Å². The van der Waals surface area contributed by atoms with Gasteiger partial charge < -0.3 is 15.2 Å². The van der Waals surface area contributed by atoms with Crippen LogP contribution in [0.2, 0.25) is 0 Å². The lowest BCUT2D eigenvalue weighted by Crippen LogP contribution is -2.37. The van der Waals surface area contributed by atoms with Crippen LogP contribution in [0.5, 0.6) is 0 Å². The van der Waals surface area contributed by atoms with Crippen molar-refractivity contribution in [3.8, 4) is 0 Å². The molecule has 0 bridgehead atoms. The SMILES string of the molecule is CCCCNC(=NCc1ccc(C)cc1)NCc1noc(C(C)(C)C)n1.I. The molecule has 1 aromatic carbocycles. The summed E-state index contributed by atoms with van der Waals surface area (Å²) in [6.45, 7) is 12.4. The zero-order valence-electron chi connectivity index (χ0n) is 17.0. The van der Waals surface area contributed by atoms with Gasteiger partial charge in [0.2, 0.25) is 5.89 Å². The zero-order chi connectivity index (χ0) is 19.0. The van der Waals surface area contributed by atoms with Crippen molar-refractivity contribution in [3.05, 3.63) is 47.1 Å². The van der Waals surface area contributed by atoms with E-state index < -0.39 is 0 Å². The Morgan fingerprint density at radius 2 is 1.85 bits per heavy atom. The molecular weight excluding hydrogens is 453 g/mol. The molecule has 150 valence electrons. The molecule has 0 spiro atoms. The van der Waals surface area contributed by atoms with Crippen LogP contribution in [0.3, 0.4) is 0 Å². The molecule has 2 rings (SSSR count). The molecule has 0 radical (unpaired) electrons. The Kier molecular flexibility index (Phi) is 9.76. The Balaban J connectivity index is 0.00000364. The minimum atomic E-state index is -0.146. The van der Waals surface area contributed by atoms with Crippen molar-refractivity contribution in [3.63, 3.8) is 0 Å². The van der Waals surface area contributed by atoms with Gasteiger partial charge in [-0.25, -0.2) is 4.99 Å². The van der Waals surface area contributed by atoms with Gasteiger partial charge in [0.1, 0.15) is 0 Å². The summed E-state index contributed by atoms with van der Waals surface area (Å²) in [7, 11) is 0. The zero-order valence-corrected chi connectivity index (χ0v) is 19.3. The first-order chi connectivity index (χ1) is 12.4. The maximum Gasteiger partial charge on any atom is 0.232 e. The molecule has 0 saturated heterocycles. The van der Waals surface area contributed by atoms with Gasteiger partial charge in [-0.15, -0.1) is 24.0 Å². The van der Waals surface area contributed by atoms with Crippen LogP contribution in [-0.2, 0) is 18.5 Å². The van der Waals surface area contributed by atoms with Crippen molar-refractivity contribution in [2.24, 2.45) is 4.99 Å². The summed E-state index contributed by atoms with van der Waals surface area (Å²) < 4.78 is 5.34. The first kappa shape index (κ1) is 23.4. The van der Waals surface area contributed by atoms with Gasteiger partial charge in [0.15, 0.2) is 11.8 Å². The molecule has 2 N–H and O–H groups in total. The second kappa shape index (κ2) is 11.3. The molecule has 1 aromatic heterocycles. The van der Waals surface area contributed by atoms with E-state index in [2.05, 4.69) is 84.7 Å². The molecule has 7 heteroatoms. The highest BCUT2D eigenvalue weighted by atomic mass is 127. The van der Waals surface area contributed by atoms with Gasteiger partial charge in [-0.3, -0.25) is 0 Å². The summed E-state index contributed by atoms with van der Waals surface area (Å²) in [5.41, 5.74) is 2.29. The number of benzene rings is 1. The quantitative estimate of drug-likeness (QED) is 0.264. The summed E-state index contributed by atoms with van der Waals surface area (Å²) in [4.78, 5) is 9.13. The van der Waals surface area contributed by atoms with Crippen LogP contribution in [0.4, 0.5) is 0 Å². The van der Waals surface area contributed by atoms with Gasteiger partial charge in [0.25, 0.3) is 0 Å². The number of nitrogens with one attached hydrogen (secondary N) is 2. The molecule has 27 heavy (non-hydrogen) atoms. The van der Waals surface area contributed by atoms with Gasteiger partial charge in [0, 0.05) is 12.0 Å². The lowest BCUT2D eigenvalue weighted by molar-refractivity contribution is 0.318. The number of nitrogens with zero attached hydrogens (tertiary/aromatic N) is 3. The monoisotopic (exact) mass is 485 g/mol. The topological polar surface area (TPSA) is 75.3 Å². The van der Waals surface area contributed by atoms with Crippen molar-refractivity contribution in [2.45, 2.75) is 66.0 Å². The van der Waals surface area contributed by atoms with E-state index >= 15 is 0 Å². The first-order valence-corrected chi connectivity index (χ1v) is 9.29. The fraction of sp³-hybridized carbons (Fsp3) is 0.550. The average Bonchev–Trinajstić information content (AvgIpc) is 3.08. The predicted molar refractivity (Wildman–Crippen MR) is 120 cm³/mol. The molecule has 0 aliphatic rings. The summed E-state index contributed by atoms with van der Waals surface area (Å²) in [6.07, 6.45) is 2.24. The van der Waals surface area contributed by atoms with E-state index in [1.54, 1.807) is 0 Å². The van der Waals surface area contributed by atoms with Crippen LogP contribution in [0.1, 0.15) is 63.4 Å². The van der Waals surface area contributed by atoms with Crippen LogP contribution in [0, 0.1) is 6.92 Å². The smallest absolute Gasteiger partial charge is 0.232 e. The Hall–Kier alpha value is -1.64. The second-order valence-electron chi connectivity index (χ2n) is 7.55. The van der Waals surface area contributed by atoms with E-state index in [0.29, 0.717) is 24.8 Å². The maximum absolute atomic E-state index is 5.34. The van der Waals surface area contributed by atoms with E-state index in [0.717, 1.165) is 25.3 Å². The Morgan fingerprint density at radius 3 is 2.44 bits per heavy atom. The van der Waals surface area contributed by atoms with Gasteiger partial charge in [-0.05, 0) is 18.9 Å². The Bertz CT molecular complexity index is 704. The van der Waals surface area contributed by atoms with Crippen LogP contribution >= 0.6 is 24.0 Å². The van der Waals surface area contributed by atoms with Crippen LogP contribution in [0.15, 0.2) is 33.8 Å². The molecule has 0 saturated carbocycles. The van der Waals surface area contributed by atoms with E-state index in [1.807, 2.05) is 0 Å². The van der Waals surface area contributed by atoms with Gasteiger partial charge in [-0.2, -0.15) is 4.98 Å². The van der Waals surface area contributed by atoms with Crippen molar-refractivity contribution in [1.29, 1.82) is 0 Å². The summed E-state index contributed by atoms with van der Waals surface area (Å²) >= 11 is 0. The standard InChI is InChI=1S/C20H31N5O.HI/c1-6-7-12-21-19(22-13-16-10-8-15(2)9-11-16)23-14-17-24-18(26-25-17)20(3,4)5;/h8-11H,6-7,12-14H2,1-5H3,(H2,21,22,23);1H. The normalized spacial score (nSPS) is 11.8. The number of halogens is 1. The summed E-state index contributed by atoms with van der Waals surface area (Å²) in [5, 5.41) is 10.7. The fourth-order valence-corrected chi connectivity index (χ4v) is 2.21. The second-order valence-corrected chi connectivity index (χ2v) is 7.55. The molecule has 0 fully saturated rings. The molecule has 0 aliphatic carbocycles. The van der Waals surface area contributed by atoms with Crippen molar-refractivity contribution >= 4 is 29.9 Å². The minimum Gasteiger partial charge on any atom is -0.356 e. The average molecular weight is 485 g/mol. The molecule has 0 unspecified atom stereocenters. The largest absolute Gasteiger partial charge is 0.356 e. The maximum atomic E-state index is 5.34. The summed E-state index contributed by atoms with van der Waals surface area (Å²) in [5.74, 6) is 2.04.